The summed E-state index contributed by atoms with van der Waals surface area (Å²) in [6.45, 7) is -0.396. The van der Waals surface area contributed by atoms with Crippen molar-refractivity contribution in [2.24, 2.45) is 17.8 Å². The molecule has 3 aromatic rings. The van der Waals surface area contributed by atoms with Crippen molar-refractivity contribution in [1.29, 1.82) is 0 Å². The minimum atomic E-state index is -1.97. The summed E-state index contributed by atoms with van der Waals surface area (Å²) < 4.78 is 16.7. The molecule has 2 aliphatic carbocycles. The van der Waals surface area contributed by atoms with Crippen molar-refractivity contribution in [2.75, 3.05) is 24.6 Å². The Morgan fingerprint density at radius 2 is 1.71 bits per heavy atom. The molecule has 13 heteroatoms. The largest absolute Gasteiger partial charge is 0.497 e. The van der Waals surface area contributed by atoms with Gasteiger partial charge in [-0.1, -0.05) is 51.9 Å². The molecule has 4 aliphatic rings. The van der Waals surface area contributed by atoms with E-state index in [1.165, 1.54) is 4.90 Å². The van der Waals surface area contributed by atoms with Gasteiger partial charge in [-0.2, -0.15) is 0 Å². The molecule has 6 atom stereocenters. The number of benzene rings is 2. The third-order valence-corrected chi connectivity index (χ3v) is 12.1. The predicted molar refractivity (Wildman–Crippen MR) is 185 cm³/mol. The number of aliphatic hydroxyl groups excluding tert-OH is 1. The van der Waals surface area contributed by atoms with Crippen LogP contribution in [-0.2, 0) is 25.8 Å². The number of imide groups is 2. The number of likely N-dealkylation sites (tertiary alicyclic amines) is 1. The molecule has 49 heavy (non-hydrogen) atoms. The van der Waals surface area contributed by atoms with E-state index in [0.29, 0.717) is 22.8 Å². The van der Waals surface area contributed by atoms with Crippen molar-refractivity contribution in [3.05, 3.63) is 88.9 Å². The van der Waals surface area contributed by atoms with Gasteiger partial charge in [0.1, 0.15) is 29.6 Å². The normalized spacial score (nSPS) is 29.3. The van der Waals surface area contributed by atoms with Crippen molar-refractivity contribution >= 4 is 80.6 Å². The Labute approximate surface area is 300 Å². The zero-order valence-electron chi connectivity index (χ0n) is 26.4. The van der Waals surface area contributed by atoms with E-state index in [9.17, 15) is 24.3 Å². The summed E-state index contributed by atoms with van der Waals surface area (Å²) in [6.07, 6.45) is 5.70. The van der Waals surface area contributed by atoms with Gasteiger partial charge >= 0.3 is 0 Å². The first-order valence-electron chi connectivity index (χ1n) is 15.6. The van der Waals surface area contributed by atoms with Crippen LogP contribution in [0.2, 0.25) is 0 Å². The lowest BCUT2D eigenvalue weighted by Crippen LogP contribution is -2.60. The highest BCUT2D eigenvalue weighted by atomic mass is 79.9. The number of methoxy groups -OCH3 is 2. The van der Waals surface area contributed by atoms with Crippen LogP contribution < -0.4 is 14.4 Å². The highest BCUT2D eigenvalue weighted by molar-refractivity contribution is 9.09. The second-order valence-electron chi connectivity index (χ2n) is 12.5. The standard InChI is InChI=1S/C36H31BrCl2N2O8/c1-47-22-9-13-27(48-2)20(15-22)6-3-19-4-7-21(8-5-19)41-31(43)25-12-11-24-26(29(25)32(41)44)16-35(38)33(45)40(18-37)34(46)36(35,39)30(24)28-14-10-23(17-42)49-28/h3-11,13-15,25-26,29-30,42H,12,16-18H2,1-2H3/t25-,26+,29-,30+,35+,36-/m0/s1. The van der Waals surface area contributed by atoms with E-state index in [4.69, 9.17) is 37.1 Å². The van der Waals surface area contributed by atoms with Crippen molar-refractivity contribution in [3.8, 4) is 11.5 Å². The van der Waals surface area contributed by atoms with Gasteiger partial charge in [-0.3, -0.25) is 29.0 Å². The molecule has 2 aromatic carbocycles. The number of alkyl halides is 3. The average molecular weight is 770 g/mol. The average Bonchev–Trinajstić information content (AvgIpc) is 3.73. The van der Waals surface area contributed by atoms with Gasteiger partial charge in [-0.25, -0.2) is 0 Å². The van der Waals surface area contributed by atoms with E-state index >= 15 is 0 Å². The first-order chi connectivity index (χ1) is 23.5. The van der Waals surface area contributed by atoms with Gasteiger partial charge < -0.3 is 19.0 Å². The fourth-order valence-corrected chi connectivity index (χ4v) is 9.25. The van der Waals surface area contributed by atoms with Gasteiger partial charge in [0, 0.05) is 5.56 Å². The molecule has 0 radical (unpaired) electrons. The molecule has 2 aliphatic heterocycles. The number of hydrogen-bond donors (Lipinski definition) is 1. The molecule has 0 unspecified atom stereocenters. The van der Waals surface area contributed by atoms with Gasteiger partial charge in [-0.05, 0) is 66.8 Å². The summed E-state index contributed by atoms with van der Waals surface area (Å²) in [5.74, 6) is -3.57. The number of carbonyl (C=O) groups excluding carboxylic acids is 4. The molecule has 2 saturated heterocycles. The predicted octanol–water partition coefficient (Wildman–Crippen LogP) is 5.88. The van der Waals surface area contributed by atoms with Crippen molar-refractivity contribution < 1.29 is 38.2 Å². The number of ether oxygens (including phenoxy) is 2. The minimum Gasteiger partial charge on any atom is -0.497 e. The number of carbonyl (C=O) groups is 4. The van der Waals surface area contributed by atoms with Crippen LogP contribution in [0.5, 0.6) is 11.5 Å². The van der Waals surface area contributed by atoms with E-state index in [1.54, 1.807) is 38.5 Å². The first kappa shape index (κ1) is 33.6. The highest BCUT2D eigenvalue weighted by Crippen LogP contribution is 2.65. The van der Waals surface area contributed by atoms with Gasteiger partial charge in [-0.15, -0.1) is 23.2 Å². The first-order valence-corrected chi connectivity index (χ1v) is 17.5. The molecule has 1 saturated carbocycles. The van der Waals surface area contributed by atoms with Gasteiger partial charge in [0.05, 0.1) is 43.1 Å². The number of aliphatic hydroxyl groups is 1. The van der Waals surface area contributed by atoms with Crippen molar-refractivity contribution in [1.82, 2.24) is 4.90 Å². The summed E-state index contributed by atoms with van der Waals surface area (Å²) >= 11 is 17.6. The molecule has 10 nitrogen and oxygen atoms in total. The van der Waals surface area contributed by atoms with E-state index < -0.39 is 57.7 Å². The number of anilines is 1. The highest BCUT2D eigenvalue weighted by Gasteiger charge is 2.76. The van der Waals surface area contributed by atoms with Crippen molar-refractivity contribution in [2.45, 2.75) is 35.1 Å². The lowest BCUT2D eigenvalue weighted by atomic mass is 9.57. The molecular weight excluding hydrogens is 739 g/mol. The Hall–Kier alpha value is -3.90. The molecule has 1 N–H and O–H groups in total. The molecule has 1 aromatic heterocycles. The Morgan fingerprint density at radius 1 is 0.959 bits per heavy atom. The monoisotopic (exact) mass is 768 g/mol. The van der Waals surface area contributed by atoms with E-state index in [1.807, 2.05) is 48.6 Å². The Balaban J connectivity index is 1.22. The minimum absolute atomic E-state index is 0.125. The van der Waals surface area contributed by atoms with Crippen LogP contribution in [-0.4, -0.2) is 63.1 Å². The Morgan fingerprint density at radius 3 is 2.37 bits per heavy atom. The molecule has 254 valence electrons. The smallest absolute Gasteiger partial charge is 0.254 e. The van der Waals surface area contributed by atoms with Crippen LogP contribution >= 0.6 is 39.1 Å². The van der Waals surface area contributed by atoms with Gasteiger partial charge in [0.2, 0.25) is 11.8 Å². The third kappa shape index (κ3) is 4.92. The molecule has 3 heterocycles. The maximum absolute atomic E-state index is 14.3. The van der Waals surface area contributed by atoms with Gasteiger partial charge in [0.15, 0.2) is 9.75 Å². The van der Waals surface area contributed by atoms with Crippen LogP contribution in [0, 0.1) is 17.8 Å². The van der Waals surface area contributed by atoms with E-state index in [0.717, 1.165) is 16.0 Å². The van der Waals surface area contributed by atoms with Crippen molar-refractivity contribution in [3.63, 3.8) is 0 Å². The SMILES string of the molecule is COc1ccc(OC)c(C=Cc2ccc(N3C(=O)[C@H]4[C@H](CC=C5[C@H]4C[C@@]4(Cl)C(=O)N(CBr)C(=O)[C@@]4(Cl)[C@H]5c4ccc(CO)o4)C3=O)cc2)c1. The van der Waals surface area contributed by atoms with Gasteiger partial charge in [0.25, 0.3) is 11.8 Å². The number of rotatable bonds is 8. The molecule has 0 spiro atoms. The third-order valence-electron chi connectivity index (χ3n) is 10.2. The lowest BCUT2D eigenvalue weighted by Gasteiger charge is -2.49. The zero-order valence-corrected chi connectivity index (χ0v) is 29.5. The number of allylic oxidation sites excluding steroid dienone is 2. The Bertz CT molecular complexity index is 1940. The summed E-state index contributed by atoms with van der Waals surface area (Å²) in [5.41, 5.74) is 2.54. The summed E-state index contributed by atoms with van der Waals surface area (Å²) in [5, 5.41) is 9.72. The number of fused-ring (bicyclic) bond motifs is 4. The number of hydrogen-bond acceptors (Lipinski definition) is 8. The van der Waals surface area contributed by atoms with Crippen LogP contribution in [0.3, 0.4) is 0 Å². The number of furan rings is 1. The molecule has 4 amide bonds. The zero-order chi connectivity index (χ0) is 34.8. The summed E-state index contributed by atoms with van der Waals surface area (Å²) in [7, 11) is 3.18. The molecular formula is C36H31BrCl2N2O8. The molecule has 0 bridgehead atoms. The Kier molecular flexibility index (Phi) is 8.54. The summed E-state index contributed by atoms with van der Waals surface area (Å²) in [4.78, 5) is 54.1. The topological polar surface area (TPSA) is 127 Å². The van der Waals surface area contributed by atoms with E-state index in [-0.39, 0.29) is 35.7 Å². The van der Waals surface area contributed by atoms with Crippen LogP contribution in [0.1, 0.15) is 41.4 Å². The number of halogens is 3. The number of amides is 4. The van der Waals surface area contributed by atoms with E-state index in [2.05, 4.69) is 15.9 Å². The maximum atomic E-state index is 14.3. The van der Waals surface area contributed by atoms with Crippen LogP contribution in [0.15, 0.2) is 70.7 Å². The van der Waals surface area contributed by atoms with Crippen LogP contribution in [0.25, 0.3) is 12.2 Å². The fourth-order valence-electron chi connectivity index (χ4n) is 7.84. The maximum Gasteiger partial charge on any atom is 0.254 e. The lowest BCUT2D eigenvalue weighted by molar-refractivity contribution is -0.138. The number of nitrogens with zero attached hydrogens (tertiary/aromatic N) is 2. The van der Waals surface area contributed by atoms with Crippen LogP contribution in [0.4, 0.5) is 5.69 Å². The quantitative estimate of drug-likeness (QED) is 0.0991. The fraction of sp³-hybridized carbons (Fsp3) is 0.333. The second kappa shape index (κ2) is 12.5. The molecule has 3 fully saturated rings. The summed E-state index contributed by atoms with van der Waals surface area (Å²) in [6, 6.07) is 15.7. The molecule has 7 rings (SSSR count). The second-order valence-corrected chi connectivity index (χ2v) is 14.2.